The van der Waals surface area contributed by atoms with Crippen molar-refractivity contribution >= 4 is 0 Å². The number of hydrogen-bond acceptors (Lipinski definition) is 1. The van der Waals surface area contributed by atoms with Gasteiger partial charge in [-0.15, -0.1) is 0 Å². The van der Waals surface area contributed by atoms with Crippen molar-refractivity contribution in [3.63, 3.8) is 0 Å². The van der Waals surface area contributed by atoms with Crippen LogP contribution in [0.5, 0.6) is 0 Å². The maximum absolute atomic E-state index is 12.6. The largest absolute Gasteiger partial charge is 0.390 e. The van der Waals surface area contributed by atoms with Crippen LogP contribution in [0.2, 0.25) is 0 Å². The fourth-order valence-corrected chi connectivity index (χ4v) is 1.44. The van der Waals surface area contributed by atoms with Crippen molar-refractivity contribution in [2.24, 2.45) is 5.41 Å². The minimum absolute atomic E-state index is 0.0127. The average molecular weight is 132 g/mol. The van der Waals surface area contributed by atoms with Crippen molar-refractivity contribution in [2.75, 3.05) is 0 Å². The Morgan fingerprint density at radius 2 is 2.00 bits per heavy atom. The molecule has 0 radical (unpaired) electrons. The zero-order chi connectivity index (χ0) is 7.07. The first-order chi connectivity index (χ1) is 4.01. The first kappa shape index (κ1) is 7.00. The van der Waals surface area contributed by atoms with Gasteiger partial charge in [0.15, 0.2) is 0 Å². The molecule has 1 rings (SSSR count). The van der Waals surface area contributed by atoms with Crippen LogP contribution in [-0.2, 0) is 0 Å². The van der Waals surface area contributed by atoms with E-state index in [-0.39, 0.29) is 5.41 Å². The number of hydrogen-bond donors (Lipinski definition) is 1. The Hall–Kier alpha value is -0.110. The van der Waals surface area contributed by atoms with Crippen LogP contribution in [-0.4, -0.2) is 17.4 Å². The molecule has 1 aliphatic carbocycles. The van der Waals surface area contributed by atoms with Crippen LogP contribution in [0.15, 0.2) is 0 Å². The van der Waals surface area contributed by atoms with Gasteiger partial charge in [-0.25, -0.2) is 4.39 Å². The van der Waals surface area contributed by atoms with E-state index in [1.54, 1.807) is 0 Å². The molecule has 0 amide bonds. The van der Waals surface area contributed by atoms with Crippen molar-refractivity contribution in [3.05, 3.63) is 0 Å². The molecule has 0 heterocycles. The number of rotatable bonds is 0. The zero-order valence-corrected chi connectivity index (χ0v) is 5.89. The highest BCUT2D eigenvalue weighted by Crippen LogP contribution is 2.38. The summed E-state index contributed by atoms with van der Waals surface area (Å²) in [5, 5.41) is 8.96. The highest BCUT2D eigenvalue weighted by molar-refractivity contribution is 4.88. The smallest absolute Gasteiger partial charge is 0.126 e. The summed E-state index contributed by atoms with van der Waals surface area (Å²) in [6, 6.07) is 0. The van der Waals surface area contributed by atoms with E-state index in [2.05, 4.69) is 0 Å². The van der Waals surface area contributed by atoms with Gasteiger partial charge in [0.2, 0.25) is 0 Å². The predicted molar refractivity (Wildman–Crippen MR) is 33.9 cm³/mol. The highest BCUT2D eigenvalue weighted by Gasteiger charge is 2.38. The van der Waals surface area contributed by atoms with Crippen molar-refractivity contribution < 1.29 is 9.50 Å². The van der Waals surface area contributed by atoms with E-state index in [4.69, 9.17) is 5.11 Å². The van der Waals surface area contributed by atoms with E-state index in [1.165, 1.54) is 0 Å². The molecule has 54 valence electrons. The SMILES string of the molecule is CC1(C)CC(O)C(F)C1. The normalized spacial score (nSPS) is 41.3. The topological polar surface area (TPSA) is 20.2 Å². The van der Waals surface area contributed by atoms with Gasteiger partial charge in [0, 0.05) is 0 Å². The Balaban J connectivity index is 2.54. The van der Waals surface area contributed by atoms with Crippen LogP contribution in [0, 0.1) is 5.41 Å². The van der Waals surface area contributed by atoms with Crippen LogP contribution in [0.25, 0.3) is 0 Å². The summed E-state index contributed by atoms with van der Waals surface area (Å²) in [7, 11) is 0. The average Bonchev–Trinajstić information content (AvgIpc) is 1.79. The zero-order valence-electron chi connectivity index (χ0n) is 5.89. The minimum atomic E-state index is -0.986. The summed E-state index contributed by atoms with van der Waals surface area (Å²) in [6.07, 6.45) is -0.581. The highest BCUT2D eigenvalue weighted by atomic mass is 19.1. The number of alkyl halides is 1. The van der Waals surface area contributed by atoms with Gasteiger partial charge in [-0.05, 0) is 18.3 Å². The third-order valence-electron chi connectivity index (χ3n) is 1.93. The second-order valence-electron chi connectivity index (χ2n) is 3.66. The molecule has 0 aliphatic heterocycles. The number of aliphatic hydroxyl groups excluding tert-OH is 1. The molecule has 1 saturated carbocycles. The lowest BCUT2D eigenvalue weighted by atomic mass is 9.92. The molecule has 0 bridgehead atoms. The molecule has 0 aromatic carbocycles. The minimum Gasteiger partial charge on any atom is -0.390 e. The molecule has 1 N–H and O–H groups in total. The molecule has 0 aromatic rings. The van der Waals surface area contributed by atoms with E-state index in [0.717, 1.165) is 0 Å². The van der Waals surface area contributed by atoms with Crippen molar-refractivity contribution in [1.82, 2.24) is 0 Å². The Morgan fingerprint density at radius 1 is 1.44 bits per heavy atom. The molecule has 9 heavy (non-hydrogen) atoms. The molecule has 0 spiro atoms. The van der Waals surface area contributed by atoms with E-state index < -0.39 is 12.3 Å². The molecular weight excluding hydrogens is 119 g/mol. The molecule has 2 atom stereocenters. The first-order valence-corrected chi connectivity index (χ1v) is 3.33. The van der Waals surface area contributed by atoms with Gasteiger partial charge in [-0.3, -0.25) is 0 Å². The van der Waals surface area contributed by atoms with Crippen molar-refractivity contribution in [1.29, 1.82) is 0 Å². The first-order valence-electron chi connectivity index (χ1n) is 3.33. The van der Waals surface area contributed by atoms with Gasteiger partial charge in [0.1, 0.15) is 6.17 Å². The molecule has 2 heteroatoms. The van der Waals surface area contributed by atoms with Gasteiger partial charge >= 0.3 is 0 Å². The summed E-state index contributed by atoms with van der Waals surface area (Å²) in [5.74, 6) is 0. The lowest BCUT2D eigenvalue weighted by Gasteiger charge is -2.14. The molecule has 0 saturated heterocycles. The Morgan fingerprint density at radius 3 is 2.11 bits per heavy atom. The molecular formula is C7H13FO. The van der Waals surface area contributed by atoms with Crippen molar-refractivity contribution in [2.45, 2.75) is 39.0 Å². The monoisotopic (exact) mass is 132 g/mol. The van der Waals surface area contributed by atoms with E-state index in [1.807, 2.05) is 13.8 Å². The molecule has 1 fully saturated rings. The van der Waals surface area contributed by atoms with E-state index >= 15 is 0 Å². The second-order valence-corrected chi connectivity index (χ2v) is 3.66. The number of halogens is 1. The van der Waals surface area contributed by atoms with Crippen molar-refractivity contribution in [3.8, 4) is 0 Å². The predicted octanol–water partition coefficient (Wildman–Crippen LogP) is 1.51. The van der Waals surface area contributed by atoms with Gasteiger partial charge < -0.3 is 5.11 Å². The third kappa shape index (κ3) is 1.42. The van der Waals surface area contributed by atoms with Crippen LogP contribution < -0.4 is 0 Å². The fraction of sp³-hybridized carbons (Fsp3) is 1.00. The Kier molecular flexibility index (Phi) is 1.51. The standard InChI is InChI=1S/C7H13FO/c1-7(2)3-5(8)6(9)4-7/h5-6,9H,3-4H2,1-2H3. The quantitative estimate of drug-likeness (QED) is 0.529. The summed E-state index contributed by atoms with van der Waals surface area (Å²) >= 11 is 0. The number of aliphatic hydroxyl groups is 1. The summed E-state index contributed by atoms with van der Waals surface area (Å²) in [5.41, 5.74) is 0.0127. The Bertz CT molecular complexity index is 99.5. The lowest BCUT2D eigenvalue weighted by molar-refractivity contribution is 0.102. The maximum Gasteiger partial charge on any atom is 0.126 e. The van der Waals surface area contributed by atoms with E-state index in [0.29, 0.717) is 12.8 Å². The van der Waals surface area contributed by atoms with Gasteiger partial charge in [-0.1, -0.05) is 13.8 Å². The summed E-state index contributed by atoms with van der Waals surface area (Å²) < 4.78 is 12.6. The molecule has 1 aliphatic rings. The molecule has 2 unspecified atom stereocenters. The molecule has 0 aromatic heterocycles. The van der Waals surface area contributed by atoms with E-state index in [9.17, 15) is 4.39 Å². The van der Waals surface area contributed by atoms with Gasteiger partial charge in [-0.2, -0.15) is 0 Å². The lowest BCUT2D eigenvalue weighted by Crippen LogP contribution is -2.12. The summed E-state index contributed by atoms with van der Waals surface area (Å²) in [6.45, 7) is 3.96. The van der Waals surface area contributed by atoms with Crippen LogP contribution >= 0.6 is 0 Å². The van der Waals surface area contributed by atoms with Gasteiger partial charge in [0.05, 0.1) is 6.10 Å². The van der Waals surface area contributed by atoms with Crippen LogP contribution in [0.1, 0.15) is 26.7 Å². The second kappa shape index (κ2) is 1.94. The van der Waals surface area contributed by atoms with Gasteiger partial charge in [0.25, 0.3) is 0 Å². The Labute approximate surface area is 54.9 Å². The third-order valence-corrected chi connectivity index (χ3v) is 1.93. The maximum atomic E-state index is 12.6. The van der Waals surface area contributed by atoms with Crippen LogP contribution in [0.3, 0.4) is 0 Å². The fourth-order valence-electron chi connectivity index (χ4n) is 1.44. The summed E-state index contributed by atoms with van der Waals surface area (Å²) in [4.78, 5) is 0. The van der Waals surface area contributed by atoms with Crippen LogP contribution in [0.4, 0.5) is 4.39 Å². The molecule has 1 nitrogen and oxygen atoms in total.